The summed E-state index contributed by atoms with van der Waals surface area (Å²) >= 11 is 0. The van der Waals surface area contributed by atoms with E-state index in [4.69, 9.17) is 14.0 Å². The molecule has 0 spiro atoms. The lowest BCUT2D eigenvalue weighted by molar-refractivity contribution is -0.0432. The predicted molar refractivity (Wildman–Crippen MR) is 74.5 cm³/mol. The molecule has 0 aliphatic carbocycles. The summed E-state index contributed by atoms with van der Waals surface area (Å²) in [5.74, 6) is 0.959. The van der Waals surface area contributed by atoms with E-state index in [0.29, 0.717) is 12.2 Å². The van der Waals surface area contributed by atoms with Gasteiger partial charge >= 0.3 is 0 Å². The van der Waals surface area contributed by atoms with Crippen LogP contribution in [0.1, 0.15) is 37.1 Å². The molecule has 5 heteroatoms. The standard InChI is InChI=1S/C15H24N2O3/c1-12-9-15(20-16-12)10-17-6-4-13(5-7-17)19-11-14-3-2-8-18-14/h9,13-14H,2-8,10-11H2,1H3/t14-/m1/s1. The first-order chi connectivity index (χ1) is 9.79. The van der Waals surface area contributed by atoms with Gasteiger partial charge in [-0.1, -0.05) is 5.16 Å². The Morgan fingerprint density at radius 3 is 2.85 bits per heavy atom. The number of aryl methyl sites for hydroxylation is 1. The van der Waals surface area contributed by atoms with E-state index in [1.807, 2.05) is 13.0 Å². The van der Waals surface area contributed by atoms with Gasteiger partial charge in [0.25, 0.3) is 0 Å². The molecule has 0 unspecified atom stereocenters. The highest BCUT2D eigenvalue weighted by molar-refractivity contribution is 5.03. The van der Waals surface area contributed by atoms with E-state index in [9.17, 15) is 0 Å². The summed E-state index contributed by atoms with van der Waals surface area (Å²) in [4.78, 5) is 2.41. The van der Waals surface area contributed by atoms with Crippen molar-refractivity contribution < 1.29 is 14.0 Å². The van der Waals surface area contributed by atoms with Gasteiger partial charge in [0.15, 0.2) is 5.76 Å². The fourth-order valence-electron chi connectivity index (χ4n) is 2.96. The first-order valence-corrected chi connectivity index (χ1v) is 7.67. The molecule has 112 valence electrons. The highest BCUT2D eigenvalue weighted by Gasteiger charge is 2.23. The Morgan fingerprint density at radius 2 is 2.20 bits per heavy atom. The van der Waals surface area contributed by atoms with Gasteiger partial charge in [-0.3, -0.25) is 4.90 Å². The van der Waals surface area contributed by atoms with Crippen molar-refractivity contribution in [1.29, 1.82) is 0 Å². The number of hydrogen-bond donors (Lipinski definition) is 0. The van der Waals surface area contributed by atoms with Crippen LogP contribution in [0.15, 0.2) is 10.6 Å². The molecule has 0 amide bonds. The zero-order chi connectivity index (χ0) is 13.8. The minimum Gasteiger partial charge on any atom is -0.376 e. The van der Waals surface area contributed by atoms with Gasteiger partial charge in [-0.05, 0) is 32.6 Å². The normalized spacial score (nSPS) is 25.4. The van der Waals surface area contributed by atoms with Crippen LogP contribution >= 0.6 is 0 Å². The molecule has 3 rings (SSSR count). The number of ether oxygens (including phenoxy) is 2. The summed E-state index contributed by atoms with van der Waals surface area (Å²) in [7, 11) is 0. The molecule has 0 radical (unpaired) electrons. The monoisotopic (exact) mass is 280 g/mol. The quantitative estimate of drug-likeness (QED) is 0.827. The van der Waals surface area contributed by atoms with Crippen molar-refractivity contribution in [2.24, 2.45) is 0 Å². The Labute approximate surface area is 120 Å². The summed E-state index contributed by atoms with van der Waals surface area (Å²) in [5, 5.41) is 3.93. The van der Waals surface area contributed by atoms with Crippen LogP contribution in [0.25, 0.3) is 0 Å². The summed E-state index contributed by atoms with van der Waals surface area (Å²) in [5.41, 5.74) is 0.954. The van der Waals surface area contributed by atoms with Gasteiger partial charge in [0.2, 0.25) is 0 Å². The van der Waals surface area contributed by atoms with Crippen LogP contribution in [0.2, 0.25) is 0 Å². The van der Waals surface area contributed by atoms with Crippen molar-refractivity contribution in [2.45, 2.75) is 51.4 Å². The Morgan fingerprint density at radius 1 is 1.35 bits per heavy atom. The summed E-state index contributed by atoms with van der Waals surface area (Å²) < 4.78 is 16.8. The Kier molecular flexibility index (Phi) is 4.70. The molecular formula is C15H24N2O3. The van der Waals surface area contributed by atoms with Crippen molar-refractivity contribution in [2.75, 3.05) is 26.3 Å². The zero-order valence-corrected chi connectivity index (χ0v) is 12.2. The van der Waals surface area contributed by atoms with Gasteiger partial charge in [0.1, 0.15) is 0 Å². The summed E-state index contributed by atoms with van der Waals surface area (Å²) in [6.45, 7) is 6.62. The van der Waals surface area contributed by atoms with Gasteiger partial charge in [-0.25, -0.2) is 0 Å². The molecule has 20 heavy (non-hydrogen) atoms. The minimum absolute atomic E-state index is 0.338. The number of rotatable bonds is 5. The van der Waals surface area contributed by atoms with Crippen LogP contribution in [-0.4, -0.2) is 48.6 Å². The van der Waals surface area contributed by atoms with Gasteiger partial charge < -0.3 is 14.0 Å². The topological polar surface area (TPSA) is 47.7 Å². The molecule has 5 nitrogen and oxygen atoms in total. The maximum atomic E-state index is 5.98. The number of hydrogen-bond acceptors (Lipinski definition) is 5. The van der Waals surface area contributed by atoms with E-state index in [1.54, 1.807) is 0 Å². The smallest absolute Gasteiger partial charge is 0.150 e. The number of nitrogens with zero attached hydrogens (tertiary/aromatic N) is 2. The largest absolute Gasteiger partial charge is 0.376 e. The van der Waals surface area contributed by atoms with Crippen LogP contribution in [0.5, 0.6) is 0 Å². The second kappa shape index (κ2) is 6.70. The van der Waals surface area contributed by atoms with Gasteiger partial charge in [-0.2, -0.15) is 0 Å². The second-order valence-corrected chi connectivity index (χ2v) is 5.88. The second-order valence-electron chi connectivity index (χ2n) is 5.88. The predicted octanol–water partition coefficient (Wildman–Crippen LogP) is 2.14. The third-order valence-corrected chi connectivity index (χ3v) is 4.13. The fraction of sp³-hybridized carbons (Fsp3) is 0.800. The van der Waals surface area contributed by atoms with Gasteiger partial charge in [0, 0.05) is 25.8 Å². The average Bonchev–Trinajstić information content (AvgIpc) is 3.10. The minimum atomic E-state index is 0.338. The van der Waals surface area contributed by atoms with E-state index < -0.39 is 0 Å². The van der Waals surface area contributed by atoms with E-state index >= 15 is 0 Å². The van der Waals surface area contributed by atoms with Crippen molar-refractivity contribution in [3.05, 3.63) is 17.5 Å². The Hall–Kier alpha value is -0.910. The van der Waals surface area contributed by atoms with Crippen molar-refractivity contribution in [3.63, 3.8) is 0 Å². The number of piperidine rings is 1. The molecule has 0 aromatic carbocycles. The van der Waals surface area contributed by atoms with E-state index in [-0.39, 0.29) is 0 Å². The lowest BCUT2D eigenvalue weighted by Gasteiger charge is -2.31. The molecule has 2 saturated heterocycles. The molecule has 1 aromatic heterocycles. The third-order valence-electron chi connectivity index (χ3n) is 4.13. The van der Waals surface area contributed by atoms with Crippen molar-refractivity contribution in [1.82, 2.24) is 10.1 Å². The van der Waals surface area contributed by atoms with Gasteiger partial charge in [-0.15, -0.1) is 0 Å². The first kappa shape index (κ1) is 14.0. The lowest BCUT2D eigenvalue weighted by Crippen LogP contribution is -2.37. The molecule has 0 saturated carbocycles. The molecule has 1 atom stereocenters. The van der Waals surface area contributed by atoms with E-state index in [2.05, 4.69) is 10.1 Å². The first-order valence-electron chi connectivity index (χ1n) is 7.67. The summed E-state index contributed by atoms with van der Waals surface area (Å²) in [6, 6.07) is 2.01. The van der Waals surface area contributed by atoms with Crippen molar-refractivity contribution in [3.8, 4) is 0 Å². The highest BCUT2D eigenvalue weighted by Crippen LogP contribution is 2.19. The highest BCUT2D eigenvalue weighted by atomic mass is 16.5. The maximum absolute atomic E-state index is 5.98. The lowest BCUT2D eigenvalue weighted by atomic mass is 10.1. The number of aromatic nitrogens is 1. The molecule has 1 aromatic rings. The van der Waals surface area contributed by atoms with Crippen LogP contribution in [-0.2, 0) is 16.0 Å². The SMILES string of the molecule is Cc1cc(CN2CCC(OC[C@H]3CCCO3)CC2)on1. The van der Waals surface area contributed by atoms with Crippen LogP contribution in [0.3, 0.4) is 0 Å². The number of likely N-dealkylation sites (tertiary alicyclic amines) is 1. The molecule has 2 aliphatic rings. The molecule has 0 bridgehead atoms. The van der Waals surface area contributed by atoms with Crippen LogP contribution in [0.4, 0.5) is 0 Å². The van der Waals surface area contributed by atoms with E-state index in [1.165, 1.54) is 6.42 Å². The zero-order valence-electron chi connectivity index (χ0n) is 12.2. The van der Waals surface area contributed by atoms with Crippen molar-refractivity contribution >= 4 is 0 Å². The van der Waals surface area contributed by atoms with Crippen LogP contribution < -0.4 is 0 Å². The third kappa shape index (κ3) is 3.81. The Balaban J connectivity index is 1.36. The average molecular weight is 280 g/mol. The fourth-order valence-corrected chi connectivity index (χ4v) is 2.96. The molecular weight excluding hydrogens is 256 g/mol. The molecule has 3 heterocycles. The van der Waals surface area contributed by atoms with Gasteiger partial charge in [0.05, 0.1) is 31.1 Å². The Bertz CT molecular complexity index is 407. The molecule has 0 N–H and O–H groups in total. The maximum Gasteiger partial charge on any atom is 0.150 e. The van der Waals surface area contributed by atoms with Crippen LogP contribution in [0, 0.1) is 6.92 Å². The molecule has 2 fully saturated rings. The molecule has 2 aliphatic heterocycles. The summed E-state index contributed by atoms with van der Waals surface area (Å²) in [6.07, 6.45) is 5.27. The van der Waals surface area contributed by atoms with E-state index in [0.717, 1.165) is 63.6 Å².